The van der Waals surface area contributed by atoms with Crippen molar-refractivity contribution in [2.24, 2.45) is 0 Å². The zero-order valence-corrected chi connectivity index (χ0v) is 14.7. The summed E-state index contributed by atoms with van der Waals surface area (Å²) in [5, 5.41) is 5.91. The smallest absolute Gasteiger partial charge is 0.255 e. The third-order valence-electron chi connectivity index (χ3n) is 3.77. The number of anilines is 3. The highest BCUT2D eigenvalue weighted by atomic mass is 16.2. The zero-order valence-electron chi connectivity index (χ0n) is 14.7. The molecule has 26 heavy (non-hydrogen) atoms. The molecule has 0 saturated carbocycles. The van der Waals surface area contributed by atoms with Crippen molar-refractivity contribution < 1.29 is 4.79 Å². The van der Waals surface area contributed by atoms with Crippen molar-refractivity contribution in [3.8, 4) is 0 Å². The second-order valence-electron chi connectivity index (χ2n) is 6.05. The van der Waals surface area contributed by atoms with Crippen LogP contribution in [-0.2, 0) is 11.3 Å². The predicted octanol–water partition coefficient (Wildman–Crippen LogP) is 3.24. The van der Waals surface area contributed by atoms with Gasteiger partial charge in [0, 0.05) is 23.1 Å². The fourth-order valence-electron chi connectivity index (χ4n) is 2.59. The second-order valence-corrected chi connectivity index (χ2v) is 6.05. The van der Waals surface area contributed by atoms with Gasteiger partial charge in [0.25, 0.3) is 5.56 Å². The van der Waals surface area contributed by atoms with Crippen LogP contribution in [-0.4, -0.2) is 15.5 Å². The van der Waals surface area contributed by atoms with Crippen molar-refractivity contribution in [3.05, 3.63) is 82.3 Å². The number of benzene rings is 2. The normalized spacial score (nSPS) is 10.4. The molecule has 0 saturated heterocycles. The molecule has 0 aliphatic rings. The van der Waals surface area contributed by atoms with Crippen LogP contribution in [0.5, 0.6) is 0 Å². The summed E-state index contributed by atoms with van der Waals surface area (Å²) in [6.07, 6.45) is 0. The van der Waals surface area contributed by atoms with Crippen LogP contribution in [0.4, 0.5) is 17.3 Å². The minimum atomic E-state index is -0.295. The number of aryl methyl sites for hydroxylation is 2. The number of hydrogen-bond donors (Lipinski definition) is 2. The first kappa shape index (κ1) is 17.4. The molecule has 0 unspecified atom stereocenters. The fraction of sp³-hybridized carbons (Fsp3) is 0.150. The van der Waals surface area contributed by atoms with Gasteiger partial charge in [-0.3, -0.25) is 14.2 Å². The predicted molar refractivity (Wildman–Crippen MR) is 103 cm³/mol. The summed E-state index contributed by atoms with van der Waals surface area (Å²) in [4.78, 5) is 29.2. The van der Waals surface area contributed by atoms with Crippen molar-refractivity contribution in [1.82, 2.24) is 9.55 Å². The maximum Gasteiger partial charge on any atom is 0.255 e. The lowest BCUT2D eigenvalue weighted by Gasteiger charge is -2.14. The number of hydrogen-bond acceptors (Lipinski definition) is 4. The summed E-state index contributed by atoms with van der Waals surface area (Å²) in [5.41, 5.74) is 2.87. The maximum absolute atomic E-state index is 12.4. The SMILES string of the molecule is Cc1cccc(Nc2nc(C)cc(=O)n2CC(=O)Nc2ccccc2)c1. The standard InChI is InChI=1S/C20H20N4O2/c1-14-7-6-10-17(11-14)23-20-21-15(2)12-19(26)24(20)13-18(25)22-16-8-4-3-5-9-16/h3-12H,13H2,1-2H3,(H,21,23)(H,22,25). The Hall–Kier alpha value is -3.41. The Morgan fingerprint density at radius 2 is 1.73 bits per heavy atom. The van der Waals surface area contributed by atoms with Gasteiger partial charge in [0.05, 0.1) is 0 Å². The van der Waals surface area contributed by atoms with E-state index in [1.807, 2.05) is 49.4 Å². The van der Waals surface area contributed by atoms with Crippen LogP contribution >= 0.6 is 0 Å². The molecule has 6 nitrogen and oxygen atoms in total. The van der Waals surface area contributed by atoms with E-state index in [0.29, 0.717) is 17.3 Å². The van der Waals surface area contributed by atoms with Crippen LogP contribution < -0.4 is 16.2 Å². The number of aromatic nitrogens is 2. The second kappa shape index (κ2) is 7.65. The zero-order chi connectivity index (χ0) is 18.5. The average molecular weight is 348 g/mol. The number of carbonyl (C=O) groups excluding carboxylic acids is 1. The molecule has 2 N–H and O–H groups in total. The van der Waals surface area contributed by atoms with E-state index in [1.165, 1.54) is 10.6 Å². The Bertz CT molecular complexity index is 981. The Kier molecular flexibility index (Phi) is 5.12. The summed E-state index contributed by atoms with van der Waals surface area (Å²) in [6, 6.07) is 18.3. The number of carbonyl (C=O) groups is 1. The summed E-state index contributed by atoms with van der Waals surface area (Å²) < 4.78 is 1.33. The molecule has 0 bridgehead atoms. The Labute approximate surface area is 151 Å². The van der Waals surface area contributed by atoms with Crippen molar-refractivity contribution >= 4 is 23.2 Å². The Morgan fingerprint density at radius 3 is 2.46 bits per heavy atom. The average Bonchev–Trinajstić information content (AvgIpc) is 2.59. The molecule has 0 aliphatic carbocycles. The minimum absolute atomic E-state index is 0.130. The minimum Gasteiger partial charge on any atom is -0.326 e. The van der Waals surface area contributed by atoms with Gasteiger partial charge in [0.2, 0.25) is 11.9 Å². The highest BCUT2D eigenvalue weighted by Gasteiger charge is 2.12. The van der Waals surface area contributed by atoms with Crippen LogP contribution in [0.25, 0.3) is 0 Å². The van der Waals surface area contributed by atoms with E-state index in [2.05, 4.69) is 15.6 Å². The van der Waals surface area contributed by atoms with Crippen LogP contribution in [0, 0.1) is 13.8 Å². The van der Waals surface area contributed by atoms with Gasteiger partial charge in [-0.25, -0.2) is 4.98 Å². The molecule has 0 aliphatic heterocycles. The van der Waals surface area contributed by atoms with Crippen molar-refractivity contribution in [2.75, 3.05) is 10.6 Å². The Balaban J connectivity index is 1.86. The van der Waals surface area contributed by atoms with E-state index in [-0.39, 0.29) is 18.0 Å². The number of amides is 1. The fourth-order valence-corrected chi connectivity index (χ4v) is 2.59. The monoisotopic (exact) mass is 348 g/mol. The molecule has 6 heteroatoms. The number of para-hydroxylation sites is 1. The number of nitrogens with one attached hydrogen (secondary N) is 2. The molecule has 0 radical (unpaired) electrons. The first-order valence-corrected chi connectivity index (χ1v) is 8.28. The highest BCUT2D eigenvalue weighted by molar-refractivity contribution is 5.90. The summed E-state index contributed by atoms with van der Waals surface area (Å²) >= 11 is 0. The third-order valence-corrected chi connectivity index (χ3v) is 3.77. The van der Waals surface area contributed by atoms with Gasteiger partial charge in [-0.15, -0.1) is 0 Å². The van der Waals surface area contributed by atoms with E-state index in [1.54, 1.807) is 19.1 Å². The summed E-state index contributed by atoms with van der Waals surface area (Å²) in [6.45, 7) is 3.60. The highest BCUT2D eigenvalue weighted by Crippen LogP contribution is 2.15. The number of nitrogens with zero attached hydrogens (tertiary/aromatic N) is 2. The molecule has 132 valence electrons. The van der Waals surface area contributed by atoms with Crippen LogP contribution in [0.15, 0.2) is 65.5 Å². The van der Waals surface area contributed by atoms with Crippen molar-refractivity contribution in [1.29, 1.82) is 0 Å². The van der Waals surface area contributed by atoms with E-state index < -0.39 is 0 Å². The van der Waals surface area contributed by atoms with Crippen LogP contribution in [0.2, 0.25) is 0 Å². The quantitative estimate of drug-likeness (QED) is 0.742. The topological polar surface area (TPSA) is 76.0 Å². The van der Waals surface area contributed by atoms with E-state index in [4.69, 9.17) is 0 Å². The van der Waals surface area contributed by atoms with E-state index in [0.717, 1.165) is 11.3 Å². The maximum atomic E-state index is 12.4. The van der Waals surface area contributed by atoms with E-state index in [9.17, 15) is 9.59 Å². The molecular weight excluding hydrogens is 328 g/mol. The third kappa shape index (κ3) is 4.36. The first-order chi connectivity index (χ1) is 12.5. The molecule has 1 aromatic heterocycles. The summed E-state index contributed by atoms with van der Waals surface area (Å²) in [7, 11) is 0. The molecule has 3 aromatic rings. The van der Waals surface area contributed by atoms with Gasteiger partial charge in [-0.2, -0.15) is 0 Å². The molecule has 1 amide bonds. The van der Waals surface area contributed by atoms with Gasteiger partial charge in [-0.05, 0) is 43.7 Å². The first-order valence-electron chi connectivity index (χ1n) is 8.28. The molecule has 0 spiro atoms. The molecule has 2 aromatic carbocycles. The lowest BCUT2D eigenvalue weighted by atomic mass is 10.2. The number of rotatable bonds is 5. The van der Waals surface area contributed by atoms with Crippen LogP contribution in [0.1, 0.15) is 11.3 Å². The molecule has 0 atom stereocenters. The van der Waals surface area contributed by atoms with Crippen molar-refractivity contribution in [2.45, 2.75) is 20.4 Å². The molecule has 0 fully saturated rings. The lowest BCUT2D eigenvalue weighted by Crippen LogP contribution is -2.30. The van der Waals surface area contributed by atoms with Gasteiger partial charge < -0.3 is 10.6 Å². The summed E-state index contributed by atoms with van der Waals surface area (Å²) in [5.74, 6) is 0.0417. The van der Waals surface area contributed by atoms with Gasteiger partial charge >= 0.3 is 0 Å². The van der Waals surface area contributed by atoms with E-state index >= 15 is 0 Å². The van der Waals surface area contributed by atoms with Gasteiger partial charge in [0.15, 0.2) is 0 Å². The Morgan fingerprint density at radius 1 is 1.00 bits per heavy atom. The largest absolute Gasteiger partial charge is 0.326 e. The van der Waals surface area contributed by atoms with Gasteiger partial charge in [-0.1, -0.05) is 30.3 Å². The molecular formula is C20H20N4O2. The lowest BCUT2D eigenvalue weighted by molar-refractivity contribution is -0.116. The van der Waals surface area contributed by atoms with Crippen LogP contribution in [0.3, 0.4) is 0 Å². The van der Waals surface area contributed by atoms with Crippen molar-refractivity contribution in [3.63, 3.8) is 0 Å². The van der Waals surface area contributed by atoms with Gasteiger partial charge in [0.1, 0.15) is 6.54 Å². The molecule has 1 heterocycles. The molecule has 3 rings (SSSR count).